The molecule has 0 aliphatic heterocycles. The molecular formula is C23H24N2O4S. The van der Waals surface area contributed by atoms with E-state index in [2.05, 4.69) is 10.0 Å². The Hall–Kier alpha value is -3.32. The summed E-state index contributed by atoms with van der Waals surface area (Å²) < 4.78 is 33.4. The number of carbonyl (C=O) groups is 1. The Morgan fingerprint density at radius 2 is 1.50 bits per heavy atom. The van der Waals surface area contributed by atoms with Crippen molar-refractivity contribution in [3.63, 3.8) is 0 Å². The summed E-state index contributed by atoms with van der Waals surface area (Å²) >= 11 is 0. The van der Waals surface area contributed by atoms with Gasteiger partial charge in [-0.1, -0.05) is 42.8 Å². The molecule has 3 aromatic carbocycles. The average Bonchev–Trinajstić information content (AvgIpc) is 2.74. The van der Waals surface area contributed by atoms with E-state index < -0.39 is 16.1 Å². The van der Waals surface area contributed by atoms with Crippen molar-refractivity contribution in [2.45, 2.75) is 31.3 Å². The van der Waals surface area contributed by atoms with Crippen molar-refractivity contribution in [2.75, 3.05) is 10.0 Å². The van der Waals surface area contributed by atoms with Crippen LogP contribution in [0, 0.1) is 6.92 Å². The predicted molar refractivity (Wildman–Crippen MR) is 118 cm³/mol. The van der Waals surface area contributed by atoms with Crippen LogP contribution >= 0.6 is 0 Å². The largest absolute Gasteiger partial charge is 0.481 e. The van der Waals surface area contributed by atoms with Crippen LogP contribution in [0.4, 0.5) is 11.4 Å². The Morgan fingerprint density at radius 3 is 2.10 bits per heavy atom. The molecule has 0 aromatic heterocycles. The zero-order valence-electron chi connectivity index (χ0n) is 16.8. The molecule has 1 amide bonds. The van der Waals surface area contributed by atoms with Gasteiger partial charge in [0.1, 0.15) is 5.75 Å². The molecule has 2 N–H and O–H groups in total. The smallest absolute Gasteiger partial charge is 0.265 e. The molecule has 1 atom stereocenters. The minimum atomic E-state index is -3.72. The molecule has 0 fully saturated rings. The molecule has 0 spiro atoms. The number of ether oxygens (including phenoxy) is 1. The Bertz CT molecular complexity index is 1080. The van der Waals surface area contributed by atoms with E-state index in [1.165, 1.54) is 12.1 Å². The predicted octanol–water partition coefficient (Wildman–Crippen LogP) is 4.59. The van der Waals surface area contributed by atoms with E-state index in [4.69, 9.17) is 4.74 Å². The molecular weight excluding hydrogens is 400 g/mol. The molecule has 0 bridgehead atoms. The number of nitrogens with one attached hydrogen (secondary N) is 2. The number of carbonyl (C=O) groups excluding carboxylic acids is 1. The first-order chi connectivity index (χ1) is 14.4. The van der Waals surface area contributed by atoms with Crippen LogP contribution in [0.25, 0.3) is 0 Å². The van der Waals surface area contributed by atoms with Gasteiger partial charge in [0.05, 0.1) is 4.90 Å². The molecule has 30 heavy (non-hydrogen) atoms. The summed E-state index contributed by atoms with van der Waals surface area (Å²) in [6.07, 6.45) is -0.160. The van der Waals surface area contributed by atoms with Crippen LogP contribution in [0.2, 0.25) is 0 Å². The van der Waals surface area contributed by atoms with Crippen molar-refractivity contribution >= 4 is 27.3 Å². The fourth-order valence-electron chi connectivity index (χ4n) is 2.76. The summed E-state index contributed by atoms with van der Waals surface area (Å²) in [5.74, 6) is 0.317. The second kappa shape index (κ2) is 9.45. The van der Waals surface area contributed by atoms with Gasteiger partial charge in [-0.05, 0) is 61.9 Å². The average molecular weight is 425 g/mol. The highest BCUT2D eigenvalue weighted by molar-refractivity contribution is 7.92. The molecule has 0 saturated carbocycles. The van der Waals surface area contributed by atoms with E-state index in [-0.39, 0.29) is 10.8 Å². The molecule has 0 aliphatic carbocycles. The van der Waals surface area contributed by atoms with Crippen LogP contribution in [0.1, 0.15) is 18.9 Å². The van der Waals surface area contributed by atoms with Crippen molar-refractivity contribution in [1.29, 1.82) is 0 Å². The number of aryl methyl sites for hydroxylation is 1. The molecule has 0 unspecified atom stereocenters. The van der Waals surface area contributed by atoms with Crippen molar-refractivity contribution in [3.05, 3.63) is 84.4 Å². The molecule has 156 valence electrons. The number of para-hydroxylation sites is 1. The van der Waals surface area contributed by atoms with E-state index in [9.17, 15) is 13.2 Å². The minimum Gasteiger partial charge on any atom is -0.481 e. The quantitative estimate of drug-likeness (QED) is 0.554. The van der Waals surface area contributed by atoms with Gasteiger partial charge in [-0.25, -0.2) is 8.42 Å². The molecule has 7 heteroatoms. The van der Waals surface area contributed by atoms with Crippen LogP contribution in [-0.4, -0.2) is 20.4 Å². The molecule has 3 aromatic rings. The molecule has 0 aliphatic rings. The lowest BCUT2D eigenvalue weighted by Crippen LogP contribution is -2.32. The normalized spacial score (nSPS) is 12.1. The first-order valence-electron chi connectivity index (χ1n) is 9.59. The topological polar surface area (TPSA) is 84.5 Å². The number of hydrogen-bond acceptors (Lipinski definition) is 4. The van der Waals surface area contributed by atoms with Gasteiger partial charge in [-0.3, -0.25) is 9.52 Å². The van der Waals surface area contributed by atoms with Gasteiger partial charge < -0.3 is 10.1 Å². The Morgan fingerprint density at radius 1 is 0.900 bits per heavy atom. The summed E-state index contributed by atoms with van der Waals surface area (Å²) in [6.45, 7) is 3.79. The second-order valence-electron chi connectivity index (χ2n) is 6.81. The number of hydrogen-bond donors (Lipinski definition) is 2. The second-order valence-corrected chi connectivity index (χ2v) is 8.50. The van der Waals surface area contributed by atoms with Crippen molar-refractivity contribution < 1.29 is 17.9 Å². The van der Waals surface area contributed by atoms with E-state index >= 15 is 0 Å². The third-order valence-corrected chi connectivity index (χ3v) is 5.82. The van der Waals surface area contributed by atoms with Gasteiger partial charge in [0.25, 0.3) is 15.9 Å². The van der Waals surface area contributed by atoms with Crippen molar-refractivity contribution in [1.82, 2.24) is 0 Å². The minimum absolute atomic E-state index is 0.105. The lowest BCUT2D eigenvalue weighted by atomic mass is 10.2. The lowest BCUT2D eigenvalue weighted by molar-refractivity contribution is -0.122. The van der Waals surface area contributed by atoms with Crippen LogP contribution in [0.5, 0.6) is 5.75 Å². The number of benzene rings is 3. The number of rotatable bonds is 8. The monoisotopic (exact) mass is 424 g/mol. The number of anilines is 2. The fourth-order valence-corrected chi connectivity index (χ4v) is 3.82. The van der Waals surface area contributed by atoms with Crippen LogP contribution in [0.15, 0.2) is 83.8 Å². The standard InChI is InChI=1S/C23H24N2O4S/c1-3-22(29-20-7-5-4-6-8-20)23(26)24-18-13-15-21(16-14-18)30(27,28)25-19-11-9-17(2)10-12-19/h4-16,22,25H,3H2,1-2H3,(H,24,26)/t22-/m1/s1. The summed E-state index contributed by atoms with van der Waals surface area (Å²) in [4.78, 5) is 12.6. The summed E-state index contributed by atoms with van der Waals surface area (Å²) in [5.41, 5.74) is 2.02. The Labute approximate surface area is 177 Å². The van der Waals surface area contributed by atoms with Crippen LogP contribution < -0.4 is 14.8 Å². The molecule has 0 heterocycles. The zero-order chi connectivity index (χ0) is 21.6. The van der Waals surface area contributed by atoms with E-state index in [1.54, 1.807) is 36.4 Å². The van der Waals surface area contributed by atoms with Gasteiger partial charge in [0.15, 0.2) is 6.10 Å². The van der Waals surface area contributed by atoms with Crippen molar-refractivity contribution in [3.8, 4) is 5.75 Å². The van der Waals surface area contributed by atoms with Gasteiger partial charge in [0, 0.05) is 11.4 Å². The highest BCUT2D eigenvalue weighted by Gasteiger charge is 2.19. The van der Waals surface area contributed by atoms with Crippen LogP contribution in [0.3, 0.4) is 0 Å². The molecule has 6 nitrogen and oxygen atoms in total. The maximum atomic E-state index is 12.6. The maximum absolute atomic E-state index is 12.6. The first-order valence-corrected chi connectivity index (χ1v) is 11.1. The van der Waals surface area contributed by atoms with Gasteiger partial charge in [-0.2, -0.15) is 0 Å². The summed E-state index contributed by atoms with van der Waals surface area (Å²) in [6, 6.07) is 22.2. The molecule has 0 radical (unpaired) electrons. The Balaban J connectivity index is 1.65. The number of sulfonamides is 1. The zero-order valence-corrected chi connectivity index (χ0v) is 17.6. The van der Waals surface area contributed by atoms with Crippen molar-refractivity contribution in [2.24, 2.45) is 0 Å². The van der Waals surface area contributed by atoms with Gasteiger partial charge in [-0.15, -0.1) is 0 Å². The highest BCUT2D eigenvalue weighted by atomic mass is 32.2. The summed E-state index contributed by atoms with van der Waals surface area (Å²) in [5, 5.41) is 2.77. The summed E-state index contributed by atoms with van der Waals surface area (Å²) in [7, 11) is -3.72. The van der Waals surface area contributed by atoms with E-state index in [1.807, 2.05) is 44.2 Å². The van der Waals surface area contributed by atoms with Gasteiger partial charge in [0.2, 0.25) is 0 Å². The number of amides is 1. The third-order valence-electron chi connectivity index (χ3n) is 4.42. The molecule has 3 rings (SSSR count). The first kappa shape index (κ1) is 21.4. The molecule has 0 saturated heterocycles. The lowest BCUT2D eigenvalue weighted by Gasteiger charge is -2.17. The SMILES string of the molecule is CC[C@@H](Oc1ccccc1)C(=O)Nc1ccc(S(=O)(=O)Nc2ccc(C)cc2)cc1. The van der Waals surface area contributed by atoms with Crippen LogP contribution in [-0.2, 0) is 14.8 Å². The highest BCUT2D eigenvalue weighted by Crippen LogP contribution is 2.20. The Kier molecular flexibility index (Phi) is 6.74. The maximum Gasteiger partial charge on any atom is 0.265 e. The van der Waals surface area contributed by atoms with E-state index in [0.717, 1.165) is 5.56 Å². The fraction of sp³-hybridized carbons (Fsp3) is 0.174. The van der Waals surface area contributed by atoms with E-state index in [0.29, 0.717) is 23.5 Å². The van der Waals surface area contributed by atoms with Gasteiger partial charge >= 0.3 is 0 Å². The third kappa shape index (κ3) is 5.61.